The van der Waals surface area contributed by atoms with E-state index in [0.29, 0.717) is 23.1 Å². The number of benzene rings is 1. The second kappa shape index (κ2) is 6.84. The molecule has 0 amide bonds. The van der Waals surface area contributed by atoms with Crippen molar-refractivity contribution in [2.75, 3.05) is 13.7 Å². The van der Waals surface area contributed by atoms with E-state index < -0.39 is 17.5 Å². The zero-order chi connectivity index (χ0) is 18.1. The van der Waals surface area contributed by atoms with E-state index in [-0.39, 0.29) is 13.0 Å². The summed E-state index contributed by atoms with van der Waals surface area (Å²) in [5, 5.41) is 21.8. The summed E-state index contributed by atoms with van der Waals surface area (Å²) in [6, 6.07) is 4.94. The summed E-state index contributed by atoms with van der Waals surface area (Å²) in [5.74, 6) is -0.532. The van der Waals surface area contributed by atoms with Crippen LogP contribution in [0, 0.1) is 0 Å². The summed E-state index contributed by atoms with van der Waals surface area (Å²) >= 11 is 6.22. The molecule has 3 rings (SSSR count). The van der Waals surface area contributed by atoms with Gasteiger partial charge >= 0.3 is 0 Å². The van der Waals surface area contributed by atoms with Crippen LogP contribution in [0.2, 0.25) is 5.02 Å². The second-order valence-corrected chi connectivity index (χ2v) is 6.55. The maximum absolute atomic E-state index is 11.1. The molecule has 0 saturated carbocycles. The molecule has 2 N–H and O–H groups in total. The van der Waals surface area contributed by atoms with Crippen molar-refractivity contribution in [1.82, 2.24) is 9.55 Å². The van der Waals surface area contributed by atoms with Crippen LogP contribution in [0.4, 0.5) is 0 Å². The minimum absolute atomic E-state index is 0.0370. The lowest BCUT2D eigenvalue weighted by Gasteiger charge is -2.39. The summed E-state index contributed by atoms with van der Waals surface area (Å²) in [5.41, 5.74) is -1.61. The zero-order valence-corrected chi connectivity index (χ0v) is 14.8. The summed E-state index contributed by atoms with van der Waals surface area (Å²) in [6.07, 6.45) is 4.21. The largest absolute Gasteiger partial charge is 0.497 e. The van der Waals surface area contributed by atoms with E-state index in [0.717, 1.165) is 0 Å². The molecule has 0 unspecified atom stereocenters. The average Bonchev–Trinajstić information content (AvgIpc) is 3.19. The van der Waals surface area contributed by atoms with Gasteiger partial charge in [0, 0.05) is 38.3 Å². The highest BCUT2D eigenvalue weighted by molar-refractivity contribution is 6.32. The Morgan fingerprint density at radius 1 is 1.48 bits per heavy atom. The van der Waals surface area contributed by atoms with Crippen LogP contribution in [0.1, 0.15) is 13.3 Å². The Morgan fingerprint density at radius 3 is 2.92 bits per heavy atom. The summed E-state index contributed by atoms with van der Waals surface area (Å²) in [4.78, 5) is 3.97. The van der Waals surface area contributed by atoms with Gasteiger partial charge < -0.3 is 29.0 Å². The van der Waals surface area contributed by atoms with E-state index in [1.54, 1.807) is 51.0 Å². The fourth-order valence-corrected chi connectivity index (χ4v) is 3.14. The number of rotatable bonds is 6. The molecule has 7 nitrogen and oxygen atoms in total. The SMILES string of the molecule is COc1ccc(O[C@@]2(C)OC[C@H](O)[C@]2(O)CCn2ccnc2)c(Cl)c1. The van der Waals surface area contributed by atoms with E-state index in [4.69, 9.17) is 25.8 Å². The topological polar surface area (TPSA) is 86.0 Å². The van der Waals surface area contributed by atoms with Crippen LogP contribution < -0.4 is 9.47 Å². The fourth-order valence-electron chi connectivity index (χ4n) is 2.93. The summed E-state index contributed by atoms with van der Waals surface area (Å²) in [7, 11) is 1.54. The minimum Gasteiger partial charge on any atom is -0.497 e. The van der Waals surface area contributed by atoms with Gasteiger partial charge in [-0.2, -0.15) is 0 Å². The number of methoxy groups -OCH3 is 1. The van der Waals surface area contributed by atoms with Crippen molar-refractivity contribution in [3.63, 3.8) is 0 Å². The number of halogens is 1. The van der Waals surface area contributed by atoms with E-state index in [1.807, 2.05) is 4.57 Å². The third kappa shape index (κ3) is 3.32. The molecule has 3 atom stereocenters. The molecule has 1 aliphatic heterocycles. The number of nitrogens with zero attached hydrogens (tertiary/aromatic N) is 2. The molecular formula is C17H21ClN2O5. The number of aliphatic hydroxyl groups is 2. The molecule has 0 bridgehead atoms. The van der Waals surface area contributed by atoms with Crippen LogP contribution in [0.5, 0.6) is 11.5 Å². The third-order valence-corrected chi connectivity index (χ3v) is 4.90. The van der Waals surface area contributed by atoms with Gasteiger partial charge in [-0.15, -0.1) is 0 Å². The van der Waals surface area contributed by atoms with Crippen LogP contribution in [0.3, 0.4) is 0 Å². The average molecular weight is 369 g/mol. The molecule has 0 spiro atoms. The standard InChI is InChI=1S/C17H21ClN2O5/c1-16(25-14-4-3-12(23-2)9-13(14)18)17(22,15(21)10-24-16)5-7-20-8-6-19-11-20/h3-4,6,8-9,11,15,21-22H,5,7,10H2,1-2H3/t15-,16+,17+/m0/s1. The Kier molecular flexibility index (Phi) is 4.92. The van der Waals surface area contributed by atoms with Gasteiger partial charge in [0.2, 0.25) is 5.79 Å². The van der Waals surface area contributed by atoms with Gasteiger partial charge in [-0.05, 0) is 12.1 Å². The van der Waals surface area contributed by atoms with Gasteiger partial charge in [0.05, 0.1) is 25.1 Å². The lowest BCUT2D eigenvalue weighted by atomic mass is 9.87. The van der Waals surface area contributed by atoms with Gasteiger partial charge in [-0.1, -0.05) is 11.6 Å². The molecule has 1 aromatic heterocycles. The van der Waals surface area contributed by atoms with Gasteiger partial charge in [0.1, 0.15) is 17.6 Å². The summed E-state index contributed by atoms with van der Waals surface area (Å²) < 4.78 is 18.4. The lowest BCUT2D eigenvalue weighted by molar-refractivity contribution is -0.235. The minimum atomic E-state index is -1.61. The number of aliphatic hydroxyl groups excluding tert-OH is 1. The van der Waals surface area contributed by atoms with Crippen molar-refractivity contribution in [3.8, 4) is 11.5 Å². The molecule has 1 saturated heterocycles. The van der Waals surface area contributed by atoms with Crippen LogP contribution in [-0.4, -0.2) is 51.0 Å². The van der Waals surface area contributed by atoms with Crippen LogP contribution in [0.25, 0.3) is 0 Å². The van der Waals surface area contributed by atoms with Crippen LogP contribution in [-0.2, 0) is 11.3 Å². The Labute approximate surface area is 150 Å². The van der Waals surface area contributed by atoms with Crippen LogP contribution in [0.15, 0.2) is 36.9 Å². The smallest absolute Gasteiger partial charge is 0.239 e. The van der Waals surface area contributed by atoms with Gasteiger partial charge in [0.15, 0.2) is 5.60 Å². The Bertz CT molecular complexity index is 726. The number of imidazole rings is 1. The quantitative estimate of drug-likeness (QED) is 0.809. The predicted molar refractivity (Wildman–Crippen MR) is 90.8 cm³/mol. The molecular weight excluding hydrogens is 348 g/mol. The zero-order valence-electron chi connectivity index (χ0n) is 14.1. The van der Waals surface area contributed by atoms with Crippen molar-refractivity contribution in [2.45, 2.75) is 37.4 Å². The van der Waals surface area contributed by atoms with Gasteiger partial charge in [0.25, 0.3) is 0 Å². The highest BCUT2D eigenvalue weighted by atomic mass is 35.5. The Morgan fingerprint density at radius 2 is 2.28 bits per heavy atom. The van der Waals surface area contributed by atoms with Crippen molar-refractivity contribution < 1.29 is 24.4 Å². The molecule has 1 fully saturated rings. The molecule has 0 aliphatic carbocycles. The first-order valence-corrected chi connectivity index (χ1v) is 8.28. The van der Waals surface area contributed by atoms with Gasteiger partial charge in [-0.3, -0.25) is 0 Å². The maximum Gasteiger partial charge on any atom is 0.239 e. The molecule has 0 radical (unpaired) electrons. The maximum atomic E-state index is 11.1. The van der Waals surface area contributed by atoms with Gasteiger partial charge in [-0.25, -0.2) is 4.98 Å². The molecule has 1 aliphatic rings. The Hall–Kier alpha value is -1.80. The van der Waals surface area contributed by atoms with Crippen molar-refractivity contribution in [2.24, 2.45) is 0 Å². The number of aromatic nitrogens is 2. The number of hydrogen-bond acceptors (Lipinski definition) is 6. The highest BCUT2D eigenvalue weighted by Crippen LogP contribution is 2.42. The van der Waals surface area contributed by atoms with Crippen molar-refractivity contribution in [3.05, 3.63) is 41.9 Å². The number of ether oxygens (including phenoxy) is 3. The van der Waals surface area contributed by atoms with Crippen molar-refractivity contribution >= 4 is 11.6 Å². The molecule has 2 aromatic rings. The summed E-state index contributed by atoms with van der Waals surface area (Å²) in [6.45, 7) is 2.01. The normalized spacial score (nSPS) is 28.9. The molecule has 25 heavy (non-hydrogen) atoms. The first-order valence-electron chi connectivity index (χ1n) is 7.91. The fraction of sp³-hybridized carbons (Fsp3) is 0.471. The predicted octanol–water partition coefficient (Wildman–Crippen LogP) is 1.85. The molecule has 1 aromatic carbocycles. The van der Waals surface area contributed by atoms with E-state index in [1.165, 1.54) is 0 Å². The van der Waals surface area contributed by atoms with E-state index in [2.05, 4.69) is 4.98 Å². The molecule has 2 heterocycles. The first-order chi connectivity index (χ1) is 11.9. The Balaban J connectivity index is 1.82. The third-order valence-electron chi connectivity index (χ3n) is 4.61. The molecule has 136 valence electrons. The van der Waals surface area contributed by atoms with Crippen LogP contribution >= 0.6 is 11.6 Å². The monoisotopic (exact) mass is 368 g/mol. The van der Waals surface area contributed by atoms with E-state index in [9.17, 15) is 10.2 Å². The van der Waals surface area contributed by atoms with Crippen molar-refractivity contribution in [1.29, 1.82) is 0 Å². The lowest BCUT2D eigenvalue weighted by Crippen LogP contribution is -2.58. The number of aryl methyl sites for hydroxylation is 1. The molecule has 8 heteroatoms. The number of hydrogen-bond donors (Lipinski definition) is 2. The second-order valence-electron chi connectivity index (χ2n) is 6.15. The van der Waals surface area contributed by atoms with E-state index >= 15 is 0 Å². The highest BCUT2D eigenvalue weighted by Gasteiger charge is 2.60. The first kappa shape index (κ1) is 18.0.